The zero-order valence-corrected chi connectivity index (χ0v) is 13.4. The summed E-state index contributed by atoms with van der Waals surface area (Å²) in [4.78, 5) is 19.8. The maximum atomic E-state index is 12.0. The Bertz CT molecular complexity index is 441. The van der Waals surface area contributed by atoms with E-state index in [0.29, 0.717) is 12.6 Å². The molecule has 0 unspecified atom stereocenters. The number of thiazole rings is 1. The molecular weight excluding hydrogens is 278 g/mol. The van der Waals surface area contributed by atoms with Gasteiger partial charge in [-0.25, -0.2) is 4.98 Å². The molecule has 2 rings (SSSR count). The second-order valence-corrected chi connectivity index (χ2v) is 7.21. The van der Waals surface area contributed by atoms with Crippen LogP contribution in [0, 0.1) is 6.92 Å². The van der Waals surface area contributed by atoms with Gasteiger partial charge in [0.05, 0.1) is 12.2 Å². The lowest BCUT2D eigenvalue weighted by molar-refractivity contribution is -0.117. The molecule has 0 radical (unpaired) electrons. The van der Waals surface area contributed by atoms with Crippen molar-refractivity contribution in [1.29, 1.82) is 0 Å². The number of likely N-dealkylation sites (N-methyl/N-ethyl adjacent to an activating group) is 1. The Kier molecular flexibility index (Phi) is 5.24. The molecule has 1 aliphatic rings. The van der Waals surface area contributed by atoms with Crippen molar-refractivity contribution in [3.8, 4) is 0 Å². The third kappa shape index (κ3) is 3.94. The number of thioether (sulfide) groups is 1. The summed E-state index contributed by atoms with van der Waals surface area (Å²) in [7, 11) is 2.03. The van der Waals surface area contributed by atoms with Crippen molar-refractivity contribution in [2.45, 2.75) is 32.7 Å². The molecule has 106 valence electrons. The molecule has 0 bridgehead atoms. The highest BCUT2D eigenvalue weighted by molar-refractivity contribution is 7.99. The van der Waals surface area contributed by atoms with E-state index in [-0.39, 0.29) is 5.91 Å². The number of nitrogens with zero attached hydrogens (tertiary/aromatic N) is 2. The van der Waals surface area contributed by atoms with Crippen LogP contribution < -0.4 is 5.32 Å². The fraction of sp³-hybridized carbons (Fsp3) is 0.692. The SMILES string of the molecule is CCc1nc(NC(=O)CN(C)[C@H]2CCSC2)sc1C. The summed E-state index contributed by atoms with van der Waals surface area (Å²) in [6.07, 6.45) is 2.10. The Morgan fingerprint density at radius 1 is 1.58 bits per heavy atom. The summed E-state index contributed by atoms with van der Waals surface area (Å²) in [5.74, 6) is 2.39. The van der Waals surface area contributed by atoms with Crippen molar-refractivity contribution in [2.24, 2.45) is 0 Å². The highest BCUT2D eigenvalue weighted by Gasteiger charge is 2.22. The van der Waals surface area contributed by atoms with Gasteiger partial charge in [0.1, 0.15) is 0 Å². The first-order valence-corrected chi connectivity index (χ1v) is 8.61. The monoisotopic (exact) mass is 299 g/mol. The molecule has 0 aromatic carbocycles. The van der Waals surface area contributed by atoms with Crippen LogP contribution in [0.3, 0.4) is 0 Å². The molecule has 0 saturated carbocycles. The van der Waals surface area contributed by atoms with Crippen LogP contribution in [0.25, 0.3) is 0 Å². The third-order valence-electron chi connectivity index (χ3n) is 3.40. The molecule has 4 nitrogen and oxygen atoms in total. The van der Waals surface area contributed by atoms with Crippen molar-refractivity contribution in [3.63, 3.8) is 0 Å². The normalized spacial score (nSPS) is 19.1. The number of hydrogen-bond donors (Lipinski definition) is 1. The van der Waals surface area contributed by atoms with Crippen molar-refractivity contribution in [2.75, 3.05) is 30.4 Å². The first kappa shape index (κ1) is 14.8. The van der Waals surface area contributed by atoms with Crippen LogP contribution in [0.1, 0.15) is 23.9 Å². The number of aryl methyl sites for hydroxylation is 2. The van der Waals surface area contributed by atoms with Gasteiger partial charge in [-0.05, 0) is 32.6 Å². The van der Waals surface area contributed by atoms with Crippen LogP contribution in [-0.4, -0.2) is 46.9 Å². The number of amides is 1. The van der Waals surface area contributed by atoms with E-state index in [4.69, 9.17) is 0 Å². The summed E-state index contributed by atoms with van der Waals surface area (Å²) in [6, 6.07) is 0.542. The van der Waals surface area contributed by atoms with Crippen molar-refractivity contribution in [3.05, 3.63) is 10.6 Å². The lowest BCUT2D eigenvalue weighted by Crippen LogP contribution is -2.37. The standard InChI is InChI=1S/C13H21N3OS2/c1-4-11-9(2)19-13(14-11)15-12(17)7-16(3)10-5-6-18-8-10/h10H,4-8H2,1-3H3,(H,14,15,17)/t10-/m0/s1. The van der Waals surface area contributed by atoms with Crippen LogP contribution in [0.4, 0.5) is 5.13 Å². The maximum absolute atomic E-state index is 12.0. The summed E-state index contributed by atoms with van der Waals surface area (Å²) in [6.45, 7) is 4.58. The fourth-order valence-electron chi connectivity index (χ4n) is 2.19. The molecule has 19 heavy (non-hydrogen) atoms. The molecular formula is C13H21N3OS2. The number of hydrogen-bond acceptors (Lipinski definition) is 5. The Hall–Kier alpha value is -0.590. The number of nitrogens with one attached hydrogen (secondary N) is 1. The topological polar surface area (TPSA) is 45.2 Å². The molecule has 1 aromatic heterocycles. The molecule has 6 heteroatoms. The summed E-state index contributed by atoms with van der Waals surface area (Å²) in [5.41, 5.74) is 1.08. The number of rotatable bonds is 5. The highest BCUT2D eigenvalue weighted by atomic mass is 32.2. The van der Waals surface area contributed by atoms with E-state index < -0.39 is 0 Å². The second kappa shape index (κ2) is 6.72. The molecule has 1 N–H and O–H groups in total. The summed E-state index contributed by atoms with van der Waals surface area (Å²) in [5, 5.41) is 3.64. The summed E-state index contributed by atoms with van der Waals surface area (Å²) < 4.78 is 0. The van der Waals surface area contributed by atoms with E-state index in [0.717, 1.165) is 23.0 Å². The molecule has 1 aromatic rings. The lowest BCUT2D eigenvalue weighted by Gasteiger charge is -2.22. The number of aromatic nitrogens is 1. The van der Waals surface area contributed by atoms with Crippen LogP contribution >= 0.6 is 23.1 Å². The maximum Gasteiger partial charge on any atom is 0.240 e. The lowest BCUT2D eigenvalue weighted by atomic mass is 10.2. The molecule has 1 aliphatic heterocycles. The van der Waals surface area contributed by atoms with E-state index in [9.17, 15) is 4.79 Å². The number of carbonyl (C=O) groups is 1. The van der Waals surface area contributed by atoms with E-state index in [1.807, 2.05) is 25.7 Å². The average Bonchev–Trinajstić information content (AvgIpc) is 2.98. The first-order valence-electron chi connectivity index (χ1n) is 6.64. The first-order chi connectivity index (χ1) is 9.10. The molecule has 2 heterocycles. The van der Waals surface area contributed by atoms with Crippen molar-refractivity contribution in [1.82, 2.24) is 9.88 Å². The Morgan fingerprint density at radius 2 is 2.37 bits per heavy atom. The second-order valence-electron chi connectivity index (χ2n) is 4.86. The fourth-order valence-corrected chi connectivity index (χ4v) is 4.41. The molecule has 1 saturated heterocycles. The smallest absolute Gasteiger partial charge is 0.240 e. The number of carbonyl (C=O) groups excluding carboxylic acids is 1. The van der Waals surface area contributed by atoms with Gasteiger partial charge >= 0.3 is 0 Å². The number of anilines is 1. The Labute approximate surface area is 123 Å². The van der Waals surface area contributed by atoms with Crippen LogP contribution in [-0.2, 0) is 11.2 Å². The van der Waals surface area contributed by atoms with Gasteiger partial charge in [-0.3, -0.25) is 9.69 Å². The minimum Gasteiger partial charge on any atom is -0.301 e. The minimum atomic E-state index is 0.0378. The summed E-state index contributed by atoms with van der Waals surface area (Å²) >= 11 is 3.53. The predicted octanol–water partition coefficient (Wildman–Crippen LogP) is 2.39. The van der Waals surface area contributed by atoms with Gasteiger partial charge in [0.2, 0.25) is 5.91 Å². The predicted molar refractivity (Wildman–Crippen MR) is 83.2 cm³/mol. The van der Waals surface area contributed by atoms with Crippen molar-refractivity contribution < 1.29 is 4.79 Å². The van der Waals surface area contributed by atoms with Crippen LogP contribution in [0.5, 0.6) is 0 Å². The molecule has 1 fully saturated rings. The van der Waals surface area contributed by atoms with E-state index in [1.165, 1.54) is 17.1 Å². The van der Waals surface area contributed by atoms with Gasteiger partial charge in [-0.2, -0.15) is 11.8 Å². The Balaban J connectivity index is 1.86. The van der Waals surface area contributed by atoms with E-state index in [1.54, 1.807) is 11.3 Å². The quantitative estimate of drug-likeness (QED) is 0.907. The van der Waals surface area contributed by atoms with Crippen LogP contribution in [0.15, 0.2) is 0 Å². The molecule has 0 spiro atoms. The van der Waals surface area contributed by atoms with Crippen LogP contribution in [0.2, 0.25) is 0 Å². The van der Waals surface area contributed by atoms with Gasteiger partial charge in [-0.1, -0.05) is 6.92 Å². The highest BCUT2D eigenvalue weighted by Crippen LogP contribution is 2.23. The molecule has 0 aliphatic carbocycles. The van der Waals surface area contributed by atoms with Gasteiger partial charge in [0.25, 0.3) is 0 Å². The van der Waals surface area contributed by atoms with Gasteiger partial charge in [-0.15, -0.1) is 11.3 Å². The zero-order chi connectivity index (χ0) is 13.8. The molecule has 1 amide bonds. The largest absolute Gasteiger partial charge is 0.301 e. The average molecular weight is 299 g/mol. The van der Waals surface area contributed by atoms with Crippen molar-refractivity contribution >= 4 is 34.1 Å². The van der Waals surface area contributed by atoms with Gasteiger partial charge < -0.3 is 5.32 Å². The molecule has 1 atom stereocenters. The van der Waals surface area contributed by atoms with Gasteiger partial charge in [0.15, 0.2) is 5.13 Å². The Morgan fingerprint density at radius 3 is 2.95 bits per heavy atom. The van der Waals surface area contributed by atoms with E-state index in [2.05, 4.69) is 22.1 Å². The third-order valence-corrected chi connectivity index (χ3v) is 5.47. The minimum absolute atomic E-state index is 0.0378. The van der Waals surface area contributed by atoms with Gasteiger partial charge in [0, 0.05) is 16.7 Å². The zero-order valence-electron chi connectivity index (χ0n) is 11.7. The van der Waals surface area contributed by atoms with E-state index >= 15 is 0 Å².